The van der Waals surface area contributed by atoms with Crippen LogP contribution in [0.2, 0.25) is 0 Å². The van der Waals surface area contributed by atoms with Gasteiger partial charge in [0.1, 0.15) is 0 Å². The van der Waals surface area contributed by atoms with Crippen LogP contribution in [0.4, 0.5) is 4.79 Å². The topological polar surface area (TPSA) is 80.0 Å². The second-order valence-corrected chi connectivity index (χ2v) is 6.48. The zero-order valence-corrected chi connectivity index (χ0v) is 13.5. The highest BCUT2D eigenvalue weighted by Gasteiger charge is 2.25. The number of carbonyl (C=O) groups is 1. The highest BCUT2D eigenvalue weighted by Crippen LogP contribution is 2.26. The van der Waals surface area contributed by atoms with Crippen LogP contribution in [0.1, 0.15) is 43.8 Å². The van der Waals surface area contributed by atoms with Gasteiger partial charge in [0.05, 0.1) is 0 Å². The molecule has 0 bridgehead atoms. The predicted octanol–water partition coefficient (Wildman–Crippen LogP) is 2.28. The molecule has 1 aromatic heterocycles. The van der Waals surface area contributed by atoms with Gasteiger partial charge >= 0.3 is 6.03 Å². The molecule has 1 fully saturated rings. The SMILES string of the molecule is CS[C@H]1CCCC[C@@H]1NC(=O)NCCCc1nc(C)no1. The van der Waals surface area contributed by atoms with Crippen molar-refractivity contribution < 1.29 is 9.32 Å². The molecule has 1 heterocycles. The quantitative estimate of drug-likeness (QED) is 0.788. The van der Waals surface area contributed by atoms with Gasteiger partial charge in [-0.1, -0.05) is 18.0 Å². The lowest BCUT2D eigenvalue weighted by molar-refractivity contribution is 0.233. The molecule has 2 rings (SSSR count). The summed E-state index contributed by atoms with van der Waals surface area (Å²) in [6.45, 7) is 2.41. The van der Waals surface area contributed by atoms with E-state index in [1.165, 1.54) is 19.3 Å². The lowest BCUT2D eigenvalue weighted by Gasteiger charge is -2.30. The summed E-state index contributed by atoms with van der Waals surface area (Å²) in [4.78, 5) is 16.0. The van der Waals surface area contributed by atoms with Crippen LogP contribution in [-0.2, 0) is 6.42 Å². The van der Waals surface area contributed by atoms with E-state index in [0.29, 0.717) is 36.0 Å². The Morgan fingerprint density at radius 1 is 1.43 bits per heavy atom. The normalized spacial score (nSPS) is 22.0. The Kier molecular flexibility index (Phi) is 6.35. The van der Waals surface area contributed by atoms with E-state index < -0.39 is 0 Å². The molecule has 0 radical (unpaired) electrons. The molecule has 0 aliphatic heterocycles. The van der Waals surface area contributed by atoms with E-state index in [9.17, 15) is 4.79 Å². The molecule has 7 heteroatoms. The first kappa shape index (κ1) is 16.1. The van der Waals surface area contributed by atoms with Gasteiger partial charge in [-0.3, -0.25) is 0 Å². The average Bonchev–Trinajstić information content (AvgIpc) is 2.90. The number of carbonyl (C=O) groups excluding carboxylic acids is 1. The van der Waals surface area contributed by atoms with Crippen molar-refractivity contribution in [2.24, 2.45) is 0 Å². The number of urea groups is 1. The third-order valence-electron chi connectivity index (χ3n) is 3.74. The Morgan fingerprint density at radius 3 is 2.95 bits per heavy atom. The van der Waals surface area contributed by atoms with E-state index in [2.05, 4.69) is 27.0 Å². The number of nitrogens with zero attached hydrogens (tertiary/aromatic N) is 2. The number of thioether (sulfide) groups is 1. The van der Waals surface area contributed by atoms with E-state index in [1.807, 2.05) is 11.8 Å². The van der Waals surface area contributed by atoms with Gasteiger partial charge in [-0.05, 0) is 32.4 Å². The molecule has 1 saturated carbocycles. The molecule has 1 aromatic rings. The second-order valence-electron chi connectivity index (χ2n) is 5.40. The van der Waals surface area contributed by atoms with Crippen molar-refractivity contribution >= 4 is 17.8 Å². The van der Waals surface area contributed by atoms with Crippen LogP contribution in [0, 0.1) is 6.92 Å². The van der Waals surface area contributed by atoms with Crippen molar-refractivity contribution in [2.75, 3.05) is 12.8 Å². The van der Waals surface area contributed by atoms with Gasteiger partial charge in [-0.2, -0.15) is 16.7 Å². The molecule has 1 aliphatic carbocycles. The highest BCUT2D eigenvalue weighted by atomic mass is 32.2. The molecule has 0 unspecified atom stereocenters. The van der Waals surface area contributed by atoms with Crippen molar-refractivity contribution in [1.82, 2.24) is 20.8 Å². The van der Waals surface area contributed by atoms with E-state index in [4.69, 9.17) is 4.52 Å². The lowest BCUT2D eigenvalue weighted by Crippen LogP contribution is -2.48. The number of aromatic nitrogens is 2. The van der Waals surface area contributed by atoms with E-state index in [0.717, 1.165) is 12.8 Å². The maximum absolute atomic E-state index is 11.9. The molecule has 118 valence electrons. The van der Waals surface area contributed by atoms with Gasteiger partial charge < -0.3 is 15.2 Å². The summed E-state index contributed by atoms with van der Waals surface area (Å²) in [5.41, 5.74) is 0. The van der Waals surface area contributed by atoms with Gasteiger partial charge in [-0.15, -0.1) is 0 Å². The summed E-state index contributed by atoms with van der Waals surface area (Å²) in [6.07, 6.45) is 8.37. The number of hydrogen-bond acceptors (Lipinski definition) is 5. The minimum atomic E-state index is -0.0670. The van der Waals surface area contributed by atoms with E-state index in [1.54, 1.807) is 6.92 Å². The van der Waals surface area contributed by atoms with Crippen LogP contribution >= 0.6 is 11.8 Å². The third kappa shape index (κ3) is 5.22. The van der Waals surface area contributed by atoms with Gasteiger partial charge in [0, 0.05) is 24.3 Å². The Morgan fingerprint density at radius 2 is 2.24 bits per heavy atom. The fourth-order valence-electron chi connectivity index (χ4n) is 2.65. The Labute approximate surface area is 129 Å². The molecular formula is C14H24N4O2S. The second kappa shape index (κ2) is 8.26. The van der Waals surface area contributed by atoms with Crippen molar-refractivity contribution in [2.45, 2.75) is 56.7 Å². The maximum atomic E-state index is 11.9. The van der Waals surface area contributed by atoms with E-state index in [-0.39, 0.29) is 6.03 Å². The summed E-state index contributed by atoms with van der Waals surface area (Å²) in [7, 11) is 0. The van der Waals surface area contributed by atoms with Crippen LogP contribution in [0.25, 0.3) is 0 Å². The van der Waals surface area contributed by atoms with Gasteiger partial charge in [-0.25, -0.2) is 4.79 Å². The fourth-order valence-corrected chi connectivity index (χ4v) is 3.58. The van der Waals surface area contributed by atoms with Gasteiger partial charge in [0.25, 0.3) is 0 Å². The van der Waals surface area contributed by atoms with Crippen LogP contribution in [0.5, 0.6) is 0 Å². The Bertz CT molecular complexity index is 452. The zero-order valence-electron chi connectivity index (χ0n) is 12.7. The molecule has 2 amide bonds. The molecule has 2 atom stereocenters. The molecule has 2 N–H and O–H groups in total. The van der Waals surface area contributed by atoms with Crippen LogP contribution in [0.3, 0.4) is 0 Å². The molecule has 0 aromatic carbocycles. The van der Waals surface area contributed by atoms with Crippen LogP contribution in [0.15, 0.2) is 4.52 Å². The van der Waals surface area contributed by atoms with Gasteiger partial charge in [0.2, 0.25) is 5.89 Å². The van der Waals surface area contributed by atoms with Crippen LogP contribution < -0.4 is 10.6 Å². The monoisotopic (exact) mass is 312 g/mol. The summed E-state index contributed by atoms with van der Waals surface area (Å²) < 4.78 is 5.03. The molecule has 6 nitrogen and oxygen atoms in total. The summed E-state index contributed by atoms with van der Waals surface area (Å²) in [5, 5.41) is 10.3. The first-order valence-corrected chi connectivity index (χ1v) is 8.84. The zero-order chi connectivity index (χ0) is 15.1. The smallest absolute Gasteiger partial charge is 0.315 e. The first-order chi connectivity index (χ1) is 10.2. The Hall–Kier alpha value is -1.24. The standard InChI is InChI=1S/C14H24N4O2S/c1-10-16-13(20-18-10)8-5-9-15-14(19)17-11-6-3-4-7-12(11)21-2/h11-12H,3-9H2,1-2H3,(H2,15,17,19)/t11-,12-/m0/s1. The number of rotatable bonds is 6. The van der Waals surface area contributed by atoms with Crippen molar-refractivity contribution in [3.63, 3.8) is 0 Å². The largest absolute Gasteiger partial charge is 0.339 e. The lowest BCUT2D eigenvalue weighted by atomic mass is 9.95. The third-order valence-corrected chi connectivity index (χ3v) is 4.91. The molecular weight excluding hydrogens is 288 g/mol. The summed E-state index contributed by atoms with van der Waals surface area (Å²) in [6, 6.07) is 0.231. The van der Waals surface area contributed by atoms with Gasteiger partial charge in [0.15, 0.2) is 5.82 Å². The first-order valence-electron chi connectivity index (χ1n) is 7.55. The van der Waals surface area contributed by atoms with E-state index >= 15 is 0 Å². The van der Waals surface area contributed by atoms with Crippen molar-refractivity contribution in [1.29, 1.82) is 0 Å². The highest BCUT2D eigenvalue weighted by molar-refractivity contribution is 7.99. The molecule has 0 spiro atoms. The van der Waals surface area contributed by atoms with Crippen molar-refractivity contribution in [3.05, 3.63) is 11.7 Å². The number of amides is 2. The number of hydrogen-bond donors (Lipinski definition) is 2. The Balaban J connectivity index is 1.62. The molecule has 1 aliphatic rings. The molecule has 0 saturated heterocycles. The number of nitrogens with one attached hydrogen (secondary N) is 2. The minimum absolute atomic E-state index is 0.0670. The maximum Gasteiger partial charge on any atom is 0.315 e. The average molecular weight is 312 g/mol. The fraction of sp³-hybridized carbons (Fsp3) is 0.786. The summed E-state index contributed by atoms with van der Waals surface area (Å²) >= 11 is 1.85. The van der Waals surface area contributed by atoms with Crippen LogP contribution in [-0.4, -0.2) is 40.3 Å². The van der Waals surface area contributed by atoms with Crippen molar-refractivity contribution in [3.8, 4) is 0 Å². The predicted molar refractivity (Wildman–Crippen MR) is 83.4 cm³/mol. The number of aryl methyl sites for hydroxylation is 2. The summed E-state index contributed by atoms with van der Waals surface area (Å²) in [5.74, 6) is 1.28. The minimum Gasteiger partial charge on any atom is -0.339 e. The molecule has 21 heavy (non-hydrogen) atoms.